The smallest absolute Gasteiger partial charge is 0.298 e. The van der Waals surface area contributed by atoms with Gasteiger partial charge in [-0.3, -0.25) is 14.9 Å². The predicted molar refractivity (Wildman–Crippen MR) is 67.4 cm³/mol. The molecule has 0 aliphatic rings. The molecule has 0 heterocycles. The predicted octanol–water partition coefficient (Wildman–Crippen LogP) is 4.23. The van der Waals surface area contributed by atoms with Crippen molar-refractivity contribution in [2.45, 2.75) is 22.2 Å². The zero-order valence-corrected chi connectivity index (χ0v) is 11.8. The van der Waals surface area contributed by atoms with Crippen LogP contribution in [0.1, 0.15) is 17.3 Å². The van der Waals surface area contributed by atoms with E-state index in [9.17, 15) is 28.1 Å². The number of nitro benzene ring substituents is 1. The van der Waals surface area contributed by atoms with E-state index in [2.05, 4.69) is 15.9 Å². The van der Waals surface area contributed by atoms with E-state index in [-0.39, 0.29) is 11.3 Å². The molecular weight excluding hydrogens is 351 g/mol. The SMILES string of the molecule is CC(=O)C(Br)c1ccc(SC(F)(F)F)c([N+](=O)[O-])c1. The van der Waals surface area contributed by atoms with Crippen LogP contribution in [-0.2, 0) is 4.79 Å². The highest BCUT2D eigenvalue weighted by atomic mass is 79.9. The Balaban J connectivity index is 3.22. The van der Waals surface area contributed by atoms with Gasteiger partial charge in [0.25, 0.3) is 5.69 Å². The molecule has 9 heteroatoms. The number of benzene rings is 1. The van der Waals surface area contributed by atoms with Gasteiger partial charge < -0.3 is 0 Å². The quantitative estimate of drug-likeness (QED) is 0.350. The van der Waals surface area contributed by atoms with E-state index >= 15 is 0 Å². The average molecular weight is 358 g/mol. The highest BCUT2D eigenvalue weighted by molar-refractivity contribution is 9.09. The first kappa shape index (κ1) is 16.0. The summed E-state index contributed by atoms with van der Waals surface area (Å²) in [6.45, 7) is 1.27. The summed E-state index contributed by atoms with van der Waals surface area (Å²) in [6.07, 6.45) is 0. The van der Waals surface area contributed by atoms with Crippen molar-refractivity contribution >= 4 is 39.2 Å². The Hall–Kier alpha value is -1.09. The summed E-state index contributed by atoms with van der Waals surface area (Å²) in [7, 11) is 0. The van der Waals surface area contributed by atoms with E-state index in [1.807, 2.05) is 0 Å². The monoisotopic (exact) mass is 357 g/mol. The topological polar surface area (TPSA) is 60.2 Å². The number of hydrogen-bond donors (Lipinski definition) is 0. The number of carbonyl (C=O) groups is 1. The van der Waals surface area contributed by atoms with E-state index in [1.54, 1.807) is 0 Å². The third-order valence-electron chi connectivity index (χ3n) is 2.05. The summed E-state index contributed by atoms with van der Waals surface area (Å²) >= 11 is 2.46. The van der Waals surface area contributed by atoms with Gasteiger partial charge in [0.1, 0.15) is 5.78 Å². The van der Waals surface area contributed by atoms with Crippen LogP contribution < -0.4 is 0 Å². The van der Waals surface area contributed by atoms with Gasteiger partial charge in [-0.25, -0.2) is 0 Å². The Morgan fingerprint density at radius 1 is 1.47 bits per heavy atom. The maximum absolute atomic E-state index is 12.2. The van der Waals surface area contributed by atoms with Crippen molar-refractivity contribution in [2.75, 3.05) is 0 Å². The first-order chi connectivity index (χ1) is 8.61. The summed E-state index contributed by atoms with van der Waals surface area (Å²) < 4.78 is 36.7. The van der Waals surface area contributed by atoms with Crippen molar-refractivity contribution in [1.29, 1.82) is 0 Å². The second-order valence-corrected chi connectivity index (χ2v) is 5.53. The molecule has 0 radical (unpaired) electrons. The molecular formula is C10H7BrF3NO3S. The van der Waals surface area contributed by atoms with Crippen molar-refractivity contribution in [3.8, 4) is 0 Å². The Bertz CT molecular complexity index is 521. The number of halogens is 4. The molecule has 0 saturated heterocycles. The van der Waals surface area contributed by atoms with E-state index < -0.39 is 37.6 Å². The minimum atomic E-state index is -4.61. The highest BCUT2D eigenvalue weighted by Crippen LogP contribution is 2.42. The molecule has 0 aliphatic heterocycles. The van der Waals surface area contributed by atoms with Gasteiger partial charge in [0.15, 0.2) is 0 Å². The molecule has 0 fully saturated rings. The molecule has 0 N–H and O–H groups in total. The fraction of sp³-hybridized carbons (Fsp3) is 0.300. The summed E-state index contributed by atoms with van der Waals surface area (Å²) in [5.41, 5.74) is -5.04. The van der Waals surface area contributed by atoms with Crippen LogP contribution in [0.4, 0.5) is 18.9 Å². The van der Waals surface area contributed by atoms with Crippen LogP contribution in [0.15, 0.2) is 23.1 Å². The molecule has 0 amide bonds. The van der Waals surface area contributed by atoms with Crippen molar-refractivity contribution in [3.63, 3.8) is 0 Å². The molecule has 1 unspecified atom stereocenters. The largest absolute Gasteiger partial charge is 0.446 e. The van der Waals surface area contributed by atoms with E-state index in [0.29, 0.717) is 0 Å². The van der Waals surface area contributed by atoms with Crippen LogP contribution in [0.2, 0.25) is 0 Å². The van der Waals surface area contributed by atoms with Gasteiger partial charge in [0.2, 0.25) is 0 Å². The number of thioether (sulfide) groups is 1. The lowest BCUT2D eigenvalue weighted by atomic mass is 10.1. The molecule has 0 bridgehead atoms. The molecule has 1 aromatic rings. The lowest BCUT2D eigenvalue weighted by Crippen LogP contribution is -2.04. The number of alkyl halides is 4. The maximum Gasteiger partial charge on any atom is 0.446 e. The van der Waals surface area contributed by atoms with E-state index in [4.69, 9.17) is 0 Å². The fourth-order valence-corrected chi connectivity index (χ4v) is 2.19. The number of hydrogen-bond acceptors (Lipinski definition) is 4. The normalized spacial score (nSPS) is 13.1. The van der Waals surface area contributed by atoms with Crippen molar-refractivity contribution < 1.29 is 22.9 Å². The van der Waals surface area contributed by atoms with Crippen LogP contribution in [0.3, 0.4) is 0 Å². The lowest BCUT2D eigenvalue weighted by molar-refractivity contribution is -0.387. The molecule has 0 saturated carbocycles. The number of Topliss-reactive ketones (excluding diaryl/α,β-unsaturated/α-hetero) is 1. The molecule has 0 aliphatic carbocycles. The Labute approximate surface area is 118 Å². The second-order valence-electron chi connectivity index (χ2n) is 3.51. The minimum absolute atomic E-state index is 0.241. The molecule has 0 aromatic heterocycles. The zero-order valence-electron chi connectivity index (χ0n) is 9.40. The zero-order chi connectivity index (χ0) is 14.8. The number of ketones is 1. The van der Waals surface area contributed by atoms with Gasteiger partial charge in [-0.05, 0) is 30.3 Å². The lowest BCUT2D eigenvalue weighted by Gasteiger charge is -2.09. The number of rotatable bonds is 4. The van der Waals surface area contributed by atoms with Crippen molar-refractivity contribution in [2.24, 2.45) is 0 Å². The number of nitrogens with zero attached hydrogens (tertiary/aromatic N) is 1. The van der Waals surface area contributed by atoms with Crippen molar-refractivity contribution in [1.82, 2.24) is 0 Å². The molecule has 1 aromatic carbocycles. The third-order valence-corrected chi connectivity index (χ3v) is 4.02. The Morgan fingerprint density at radius 3 is 2.47 bits per heavy atom. The number of nitro groups is 1. The Morgan fingerprint density at radius 2 is 2.05 bits per heavy atom. The fourth-order valence-electron chi connectivity index (χ4n) is 1.28. The van der Waals surface area contributed by atoms with Crippen LogP contribution in [0.5, 0.6) is 0 Å². The van der Waals surface area contributed by atoms with Gasteiger partial charge >= 0.3 is 5.51 Å². The van der Waals surface area contributed by atoms with E-state index in [0.717, 1.165) is 12.1 Å². The summed E-state index contributed by atoms with van der Waals surface area (Å²) in [5.74, 6) is -0.300. The van der Waals surface area contributed by atoms with Gasteiger partial charge in [0.05, 0.1) is 14.6 Å². The first-order valence-corrected chi connectivity index (χ1v) is 6.53. The van der Waals surface area contributed by atoms with Crippen LogP contribution in [0, 0.1) is 10.1 Å². The van der Waals surface area contributed by atoms with Crippen LogP contribution >= 0.6 is 27.7 Å². The standard InChI is InChI=1S/C10H7BrF3NO3S/c1-5(16)9(11)6-2-3-8(19-10(12,13)14)7(4-6)15(17)18/h2-4,9H,1H3. The minimum Gasteiger partial charge on any atom is -0.298 e. The summed E-state index contributed by atoms with van der Waals surface area (Å²) in [4.78, 5) is 19.7. The third kappa shape index (κ3) is 4.50. The maximum atomic E-state index is 12.2. The van der Waals surface area contributed by atoms with Gasteiger partial charge in [-0.1, -0.05) is 22.0 Å². The van der Waals surface area contributed by atoms with E-state index in [1.165, 1.54) is 13.0 Å². The summed E-state index contributed by atoms with van der Waals surface area (Å²) in [6, 6.07) is 3.21. The number of carbonyl (C=O) groups excluding carboxylic acids is 1. The van der Waals surface area contributed by atoms with Gasteiger partial charge in [0, 0.05) is 6.07 Å². The molecule has 0 spiro atoms. The van der Waals surface area contributed by atoms with Crippen LogP contribution in [-0.4, -0.2) is 16.2 Å². The average Bonchev–Trinajstić information content (AvgIpc) is 2.26. The van der Waals surface area contributed by atoms with Gasteiger partial charge in [-0.2, -0.15) is 13.2 Å². The first-order valence-electron chi connectivity index (χ1n) is 4.80. The summed E-state index contributed by atoms with van der Waals surface area (Å²) in [5, 5.41) is 10.8. The van der Waals surface area contributed by atoms with Crippen LogP contribution in [0.25, 0.3) is 0 Å². The molecule has 1 rings (SSSR count). The second kappa shape index (κ2) is 5.91. The Kier molecular flexibility index (Phi) is 4.97. The van der Waals surface area contributed by atoms with Crippen molar-refractivity contribution in [3.05, 3.63) is 33.9 Å². The van der Waals surface area contributed by atoms with Gasteiger partial charge in [-0.15, -0.1) is 0 Å². The molecule has 19 heavy (non-hydrogen) atoms. The highest BCUT2D eigenvalue weighted by Gasteiger charge is 2.33. The molecule has 4 nitrogen and oxygen atoms in total. The molecule has 1 atom stereocenters. The molecule has 104 valence electrons.